The molecule has 0 N–H and O–H groups in total. The molecule has 0 amide bonds. The number of halogens is 1. The lowest BCUT2D eigenvalue weighted by Gasteiger charge is -2.36. The van der Waals surface area contributed by atoms with Crippen molar-refractivity contribution in [2.45, 2.75) is 26.3 Å². The summed E-state index contributed by atoms with van der Waals surface area (Å²) in [7, 11) is 0. The highest BCUT2D eigenvalue weighted by atomic mass is 19.1. The van der Waals surface area contributed by atoms with E-state index in [1.165, 1.54) is 12.1 Å². The van der Waals surface area contributed by atoms with Crippen LogP contribution in [0.2, 0.25) is 0 Å². The summed E-state index contributed by atoms with van der Waals surface area (Å²) < 4.78 is 18.2. The number of carbonyl (C=O) groups excluding carboxylic acids is 1. The molecule has 1 aromatic rings. The standard InChI is InChI=1S/C17H21FN2O2/c1-2-22-17(21)15-11-19(12-20-9-3-4-16(15)20)10-13-5-7-14(18)8-6-13/h5-8H,2-4,9-12H2,1H3. The summed E-state index contributed by atoms with van der Waals surface area (Å²) in [4.78, 5) is 16.7. The maximum atomic E-state index is 13.0. The smallest absolute Gasteiger partial charge is 0.337 e. The van der Waals surface area contributed by atoms with Gasteiger partial charge in [-0.15, -0.1) is 0 Å². The van der Waals surface area contributed by atoms with E-state index in [0.717, 1.165) is 42.9 Å². The third kappa shape index (κ3) is 3.14. The van der Waals surface area contributed by atoms with Gasteiger partial charge in [0.2, 0.25) is 0 Å². The predicted octanol–water partition coefficient (Wildman–Crippen LogP) is 2.51. The molecule has 0 aromatic heterocycles. The molecule has 1 aromatic carbocycles. The van der Waals surface area contributed by atoms with Crippen molar-refractivity contribution in [1.82, 2.24) is 9.80 Å². The number of carbonyl (C=O) groups is 1. The molecule has 0 unspecified atom stereocenters. The highest BCUT2D eigenvalue weighted by molar-refractivity contribution is 5.90. The van der Waals surface area contributed by atoms with Gasteiger partial charge in [-0.3, -0.25) is 4.90 Å². The summed E-state index contributed by atoms with van der Waals surface area (Å²) in [6, 6.07) is 6.54. The fourth-order valence-electron chi connectivity index (χ4n) is 3.19. The van der Waals surface area contributed by atoms with Gasteiger partial charge in [0.1, 0.15) is 5.82 Å². The molecule has 0 aliphatic carbocycles. The molecule has 2 aliphatic rings. The molecule has 0 bridgehead atoms. The second-order valence-corrected chi connectivity index (χ2v) is 5.77. The third-order valence-corrected chi connectivity index (χ3v) is 4.17. The SMILES string of the molecule is CCOC(=O)C1=C2CCCN2CN(Cc2ccc(F)cc2)C1. The number of fused-ring (bicyclic) bond motifs is 1. The molecule has 1 saturated heterocycles. The van der Waals surface area contributed by atoms with Gasteiger partial charge in [0.05, 0.1) is 18.8 Å². The maximum Gasteiger partial charge on any atom is 0.337 e. The first-order valence-electron chi connectivity index (χ1n) is 7.78. The fraction of sp³-hybridized carbons (Fsp3) is 0.471. The van der Waals surface area contributed by atoms with Gasteiger partial charge in [0.25, 0.3) is 0 Å². The number of hydrogen-bond donors (Lipinski definition) is 0. The van der Waals surface area contributed by atoms with E-state index >= 15 is 0 Å². The van der Waals surface area contributed by atoms with E-state index in [-0.39, 0.29) is 11.8 Å². The fourth-order valence-corrected chi connectivity index (χ4v) is 3.19. The molecule has 1 fully saturated rings. The van der Waals surface area contributed by atoms with Gasteiger partial charge >= 0.3 is 5.97 Å². The molecule has 0 spiro atoms. The minimum Gasteiger partial charge on any atom is -0.463 e. The van der Waals surface area contributed by atoms with Crippen molar-refractivity contribution in [3.8, 4) is 0 Å². The normalized spacial score (nSPS) is 18.5. The topological polar surface area (TPSA) is 32.8 Å². The van der Waals surface area contributed by atoms with Crippen LogP contribution in [-0.4, -0.2) is 42.1 Å². The van der Waals surface area contributed by atoms with Crippen molar-refractivity contribution in [3.05, 3.63) is 46.9 Å². The Bertz CT molecular complexity index is 583. The monoisotopic (exact) mass is 304 g/mol. The zero-order chi connectivity index (χ0) is 15.5. The van der Waals surface area contributed by atoms with Gasteiger partial charge in [0, 0.05) is 25.3 Å². The van der Waals surface area contributed by atoms with Gasteiger partial charge in [0.15, 0.2) is 0 Å². The molecular formula is C17H21FN2O2. The van der Waals surface area contributed by atoms with Gasteiger partial charge in [-0.1, -0.05) is 12.1 Å². The van der Waals surface area contributed by atoms with Crippen LogP contribution >= 0.6 is 0 Å². The number of nitrogens with zero attached hydrogens (tertiary/aromatic N) is 2. The lowest BCUT2D eigenvalue weighted by molar-refractivity contribution is -0.139. The van der Waals surface area contributed by atoms with Crippen LogP contribution in [0.1, 0.15) is 25.3 Å². The van der Waals surface area contributed by atoms with Crippen molar-refractivity contribution in [2.75, 3.05) is 26.4 Å². The highest BCUT2D eigenvalue weighted by Crippen LogP contribution is 2.30. The van der Waals surface area contributed by atoms with E-state index in [2.05, 4.69) is 9.80 Å². The summed E-state index contributed by atoms with van der Waals surface area (Å²) >= 11 is 0. The van der Waals surface area contributed by atoms with Crippen LogP contribution < -0.4 is 0 Å². The summed E-state index contributed by atoms with van der Waals surface area (Å²) in [5.74, 6) is -0.426. The Morgan fingerprint density at radius 2 is 2.09 bits per heavy atom. The Morgan fingerprint density at radius 3 is 2.82 bits per heavy atom. The van der Waals surface area contributed by atoms with Crippen LogP contribution in [0.4, 0.5) is 4.39 Å². The summed E-state index contributed by atoms with van der Waals surface area (Å²) in [5, 5.41) is 0. The quantitative estimate of drug-likeness (QED) is 0.800. The molecule has 2 heterocycles. The molecule has 0 saturated carbocycles. The Morgan fingerprint density at radius 1 is 1.32 bits per heavy atom. The molecule has 5 heteroatoms. The molecule has 3 rings (SSSR count). The van der Waals surface area contributed by atoms with Crippen LogP contribution in [0.25, 0.3) is 0 Å². The van der Waals surface area contributed by atoms with Crippen LogP contribution in [0.5, 0.6) is 0 Å². The number of rotatable bonds is 4. The molecule has 2 aliphatic heterocycles. The second kappa shape index (κ2) is 6.48. The molecule has 4 nitrogen and oxygen atoms in total. The first-order valence-corrected chi connectivity index (χ1v) is 7.78. The lowest BCUT2D eigenvalue weighted by Crippen LogP contribution is -2.43. The van der Waals surface area contributed by atoms with Gasteiger partial charge in [-0.25, -0.2) is 9.18 Å². The van der Waals surface area contributed by atoms with Crippen molar-refractivity contribution in [2.24, 2.45) is 0 Å². The lowest BCUT2D eigenvalue weighted by atomic mass is 10.1. The second-order valence-electron chi connectivity index (χ2n) is 5.77. The van der Waals surface area contributed by atoms with Crippen LogP contribution in [0.3, 0.4) is 0 Å². The molecule has 22 heavy (non-hydrogen) atoms. The average molecular weight is 304 g/mol. The van der Waals surface area contributed by atoms with Gasteiger partial charge in [-0.2, -0.15) is 0 Å². The zero-order valence-electron chi connectivity index (χ0n) is 12.8. The van der Waals surface area contributed by atoms with Crippen molar-refractivity contribution in [3.63, 3.8) is 0 Å². The first kappa shape index (κ1) is 15.0. The summed E-state index contributed by atoms with van der Waals surface area (Å²) in [5.41, 5.74) is 2.98. The average Bonchev–Trinajstić information content (AvgIpc) is 2.97. The van der Waals surface area contributed by atoms with Crippen LogP contribution in [0, 0.1) is 5.82 Å². The first-order chi connectivity index (χ1) is 10.7. The van der Waals surface area contributed by atoms with E-state index < -0.39 is 0 Å². The maximum absolute atomic E-state index is 13.0. The van der Waals surface area contributed by atoms with E-state index in [1.54, 1.807) is 12.1 Å². The minimum absolute atomic E-state index is 0.201. The van der Waals surface area contributed by atoms with E-state index in [9.17, 15) is 9.18 Å². The molecule has 118 valence electrons. The zero-order valence-corrected chi connectivity index (χ0v) is 12.8. The predicted molar refractivity (Wildman–Crippen MR) is 81.3 cm³/mol. The highest BCUT2D eigenvalue weighted by Gasteiger charge is 2.32. The van der Waals surface area contributed by atoms with Crippen LogP contribution in [0.15, 0.2) is 35.5 Å². The van der Waals surface area contributed by atoms with E-state index in [4.69, 9.17) is 4.74 Å². The largest absolute Gasteiger partial charge is 0.463 e. The number of benzene rings is 1. The van der Waals surface area contributed by atoms with Crippen molar-refractivity contribution in [1.29, 1.82) is 0 Å². The van der Waals surface area contributed by atoms with Crippen LogP contribution in [-0.2, 0) is 16.1 Å². The van der Waals surface area contributed by atoms with Crippen molar-refractivity contribution < 1.29 is 13.9 Å². The third-order valence-electron chi connectivity index (χ3n) is 4.17. The molecule has 0 atom stereocenters. The summed E-state index contributed by atoms with van der Waals surface area (Å²) in [6.45, 7) is 5.32. The number of ether oxygens (including phenoxy) is 1. The van der Waals surface area contributed by atoms with E-state index in [0.29, 0.717) is 19.7 Å². The Labute approximate surface area is 130 Å². The number of allylic oxidation sites excluding steroid dienone is 1. The van der Waals surface area contributed by atoms with E-state index in [1.807, 2.05) is 6.92 Å². The number of hydrogen-bond acceptors (Lipinski definition) is 4. The number of esters is 1. The molecule has 0 radical (unpaired) electrons. The van der Waals surface area contributed by atoms with Gasteiger partial charge < -0.3 is 9.64 Å². The Balaban J connectivity index is 1.76. The Hall–Kier alpha value is -1.88. The molecular weight excluding hydrogens is 283 g/mol. The Kier molecular flexibility index (Phi) is 4.43. The van der Waals surface area contributed by atoms with Gasteiger partial charge in [-0.05, 0) is 37.5 Å². The van der Waals surface area contributed by atoms with Crippen molar-refractivity contribution >= 4 is 5.97 Å². The minimum atomic E-state index is -0.226. The summed E-state index contributed by atoms with van der Waals surface area (Å²) in [6.07, 6.45) is 2.04.